The SMILES string of the molecule is Cc1ccncc1C1C=CNC=N1. The molecule has 0 bridgehead atoms. The number of nitrogens with zero attached hydrogens (tertiary/aromatic N) is 2. The first-order valence-electron chi connectivity index (χ1n) is 4.23. The Balaban J connectivity index is 2.34. The molecule has 1 atom stereocenters. The normalized spacial score (nSPS) is 19.9. The van der Waals surface area contributed by atoms with Gasteiger partial charge in [-0.1, -0.05) is 0 Å². The zero-order valence-electron chi connectivity index (χ0n) is 7.44. The van der Waals surface area contributed by atoms with Crippen LogP contribution in [0.2, 0.25) is 0 Å². The van der Waals surface area contributed by atoms with Gasteiger partial charge in [-0.25, -0.2) is 0 Å². The monoisotopic (exact) mass is 173 g/mol. The standard InChI is InChI=1S/C10H11N3/c1-8-2-4-11-6-9(8)10-3-5-12-7-13-10/h2-7,10H,1H3,(H,12,13). The van der Waals surface area contributed by atoms with Crippen molar-refractivity contribution in [1.29, 1.82) is 0 Å². The highest BCUT2D eigenvalue weighted by molar-refractivity contribution is 5.58. The minimum absolute atomic E-state index is 0.120. The van der Waals surface area contributed by atoms with Crippen LogP contribution in [0.15, 0.2) is 35.7 Å². The van der Waals surface area contributed by atoms with E-state index in [1.54, 1.807) is 12.5 Å². The average molecular weight is 173 g/mol. The maximum absolute atomic E-state index is 4.30. The Morgan fingerprint density at radius 1 is 1.46 bits per heavy atom. The highest BCUT2D eigenvalue weighted by atomic mass is 15.0. The number of hydrogen-bond donors (Lipinski definition) is 1. The van der Waals surface area contributed by atoms with Crippen LogP contribution in [0.5, 0.6) is 0 Å². The molecular formula is C10H11N3. The first-order chi connectivity index (χ1) is 6.38. The second-order valence-electron chi connectivity index (χ2n) is 2.98. The van der Waals surface area contributed by atoms with Gasteiger partial charge < -0.3 is 5.32 Å². The number of rotatable bonds is 1. The number of aromatic nitrogens is 1. The fourth-order valence-corrected chi connectivity index (χ4v) is 1.33. The van der Waals surface area contributed by atoms with Gasteiger partial charge >= 0.3 is 0 Å². The van der Waals surface area contributed by atoms with Crippen LogP contribution in [0.4, 0.5) is 0 Å². The van der Waals surface area contributed by atoms with Gasteiger partial charge in [-0.2, -0.15) is 0 Å². The third-order valence-electron chi connectivity index (χ3n) is 2.08. The minimum atomic E-state index is 0.120. The van der Waals surface area contributed by atoms with Gasteiger partial charge in [0.2, 0.25) is 0 Å². The predicted molar refractivity (Wildman–Crippen MR) is 52.5 cm³/mol. The highest BCUT2D eigenvalue weighted by Crippen LogP contribution is 2.21. The molecule has 0 aromatic carbocycles. The van der Waals surface area contributed by atoms with Crippen LogP contribution >= 0.6 is 0 Å². The summed E-state index contributed by atoms with van der Waals surface area (Å²) in [4.78, 5) is 8.39. The van der Waals surface area contributed by atoms with Crippen LogP contribution in [0, 0.1) is 6.92 Å². The first kappa shape index (κ1) is 7.98. The van der Waals surface area contributed by atoms with Crippen molar-refractivity contribution >= 4 is 6.34 Å². The van der Waals surface area contributed by atoms with Crippen LogP contribution < -0.4 is 5.32 Å². The lowest BCUT2D eigenvalue weighted by Gasteiger charge is -2.12. The molecule has 0 saturated carbocycles. The second-order valence-corrected chi connectivity index (χ2v) is 2.98. The van der Waals surface area contributed by atoms with Crippen molar-refractivity contribution in [2.75, 3.05) is 0 Å². The van der Waals surface area contributed by atoms with E-state index in [-0.39, 0.29) is 6.04 Å². The molecule has 0 aliphatic carbocycles. The molecule has 3 heteroatoms. The topological polar surface area (TPSA) is 37.3 Å². The van der Waals surface area contributed by atoms with Crippen molar-refractivity contribution in [2.24, 2.45) is 4.99 Å². The Morgan fingerprint density at radius 3 is 3.08 bits per heavy atom. The summed E-state index contributed by atoms with van der Waals surface area (Å²) in [6.45, 7) is 2.07. The molecule has 1 aromatic rings. The Morgan fingerprint density at radius 2 is 2.38 bits per heavy atom. The van der Waals surface area contributed by atoms with Crippen molar-refractivity contribution in [1.82, 2.24) is 10.3 Å². The lowest BCUT2D eigenvalue weighted by molar-refractivity contribution is 0.865. The summed E-state index contributed by atoms with van der Waals surface area (Å²) in [5.41, 5.74) is 2.39. The van der Waals surface area contributed by atoms with E-state index >= 15 is 0 Å². The van der Waals surface area contributed by atoms with Gasteiger partial charge in [0.15, 0.2) is 0 Å². The fraction of sp³-hybridized carbons (Fsp3) is 0.200. The number of hydrogen-bond acceptors (Lipinski definition) is 3. The lowest BCUT2D eigenvalue weighted by Crippen LogP contribution is -2.09. The molecule has 3 nitrogen and oxygen atoms in total. The third-order valence-corrected chi connectivity index (χ3v) is 2.08. The second kappa shape index (κ2) is 3.39. The van der Waals surface area contributed by atoms with E-state index in [1.165, 1.54) is 5.56 Å². The van der Waals surface area contributed by atoms with E-state index in [9.17, 15) is 0 Å². The Kier molecular flexibility index (Phi) is 2.08. The van der Waals surface area contributed by atoms with E-state index in [0.717, 1.165) is 5.56 Å². The van der Waals surface area contributed by atoms with Crippen molar-refractivity contribution in [2.45, 2.75) is 13.0 Å². The van der Waals surface area contributed by atoms with Gasteiger partial charge in [0, 0.05) is 24.2 Å². The quantitative estimate of drug-likeness (QED) is 0.700. The summed E-state index contributed by atoms with van der Waals surface area (Å²) in [6, 6.07) is 2.12. The van der Waals surface area contributed by atoms with E-state index in [0.29, 0.717) is 0 Å². The van der Waals surface area contributed by atoms with Crippen molar-refractivity contribution < 1.29 is 0 Å². The van der Waals surface area contributed by atoms with Gasteiger partial charge in [-0.3, -0.25) is 9.98 Å². The van der Waals surface area contributed by atoms with Crippen LogP contribution in [-0.4, -0.2) is 11.3 Å². The molecule has 13 heavy (non-hydrogen) atoms. The molecular weight excluding hydrogens is 162 g/mol. The third kappa shape index (κ3) is 1.59. The van der Waals surface area contributed by atoms with Crippen LogP contribution in [0.1, 0.15) is 17.2 Å². The van der Waals surface area contributed by atoms with E-state index in [4.69, 9.17) is 0 Å². The van der Waals surface area contributed by atoms with Gasteiger partial charge in [0.1, 0.15) is 0 Å². The smallest absolute Gasteiger partial charge is 0.0982 e. The zero-order valence-corrected chi connectivity index (χ0v) is 7.44. The van der Waals surface area contributed by atoms with E-state index < -0.39 is 0 Å². The molecule has 1 aliphatic heterocycles. The maximum atomic E-state index is 4.30. The molecule has 0 radical (unpaired) electrons. The Hall–Kier alpha value is -1.64. The molecule has 1 aromatic heterocycles. The van der Waals surface area contributed by atoms with Gasteiger partial charge in [0.25, 0.3) is 0 Å². The van der Waals surface area contributed by atoms with Crippen LogP contribution in [0.3, 0.4) is 0 Å². The van der Waals surface area contributed by atoms with Crippen molar-refractivity contribution in [3.05, 3.63) is 41.9 Å². The number of pyridine rings is 1. The molecule has 0 fully saturated rings. The summed E-state index contributed by atoms with van der Waals surface area (Å²) >= 11 is 0. The maximum Gasteiger partial charge on any atom is 0.0982 e. The van der Waals surface area contributed by atoms with Gasteiger partial charge in [-0.05, 0) is 24.6 Å². The Labute approximate surface area is 77.2 Å². The van der Waals surface area contributed by atoms with Gasteiger partial charge in [0.05, 0.1) is 12.4 Å². The fourth-order valence-electron chi connectivity index (χ4n) is 1.33. The summed E-state index contributed by atoms with van der Waals surface area (Å²) in [6.07, 6.45) is 9.28. The molecule has 0 amide bonds. The van der Waals surface area contributed by atoms with Crippen molar-refractivity contribution in [3.8, 4) is 0 Å². The lowest BCUT2D eigenvalue weighted by atomic mass is 10.0. The van der Waals surface area contributed by atoms with Crippen LogP contribution in [-0.2, 0) is 0 Å². The Bertz CT molecular complexity index is 343. The van der Waals surface area contributed by atoms with E-state index in [1.807, 2.05) is 24.5 Å². The molecule has 2 rings (SSSR count). The average Bonchev–Trinajstić information content (AvgIpc) is 2.20. The van der Waals surface area contributed by atoms with Crippen LogP contribution in [0.25, 0.3) is 0 Å². The zero-order chi connectivity index (χ0) is 9.10. The number of aliphatic imine (C=N–C) groups is 1. The molecule has 66 valence electrons. The highest BCUT2D eigenvalue weighted by Gasteiger charge is 2.09. The summed E-state index contributed by atoms with van der Waals surface area (Å²) in [7, 11) is 0. The molecule has 1 N–H and O–H groups in total. The largest absolute Gasteiger partial charge is 0.353 e. The molecule has 1 unspecified atom stereocenters. The molecule has 0 spiro atoms. The summed E-state index contributed by atoms with van der Waals surface area (Å²) in [5.74, 6) is 0. The summed E-state index contributed by atoms with van der Waals surface area (Å²) < 4.78 is 0. The predicted octanol–water partition coefficient (Wildman–Crippen LogP) is 1.58. The van der Waals surface area contributed by atoms with E-state index in [2.05, 4.69) is 22.2 Å². The minimum Gasteiger partial charge on any atom is -0.353 e. The molecule has 0 saturated heterocycles. The molecule has 2 heterocycles. The summed E-state index contributed by atoms with van der Waals surface area (Å²) in [5, 5.41) is 2.91. The molecule has 1 aliphatic rings. The number of nitrogens with one attached hydrogen (secondary N) is 1. The first-order valence-corrected chi connectivity index (χ1v) is 4.23. The van der Waals surface area contributed by atoms with Gasteiger partial charge in [-0.15, -0.1) is 0 Å². The number of aryl methyl sites for hydroxylation is 1. The van der Waals surface area contributed by atoms with Crippen molar-refractivity contribution in [3.63, 3.8) is 0 Å².